The number of rotatable bonds is 3. The summed E-state index contributed by atoms with van der Waals surface area (Å²) in [5.74, 6) is 0.635. The van der Waals surface area contributed by atoms with Crippen LogP contribution < -0.4 is 4.90 Å². The zero-order valence-electron chi connectivity index (χ0n) is 16.7. The van der Waals surface area contributed by atoms with E-state index in [1.165, 1.54) is 59.7 Å². The normalized spacial score (nSPS) is 15.4. The number of nitrogens with zero attached hydrogens (tertiary/aromatic N) is 1. The maximum atomic E-state index is 6.59. The Labute approximate surface area is 166 Å². The average Bonchev–Trinajstić information content (AvgIpc) is 3.13. The third-order valence-corrected chi connectivity index (χ3v) is 6.36. The Morgan fingerprint density at radius 1 is 0.786 bits per heavy atom. The molecule has 1 aliphatic rings. The lowest BCUT2D eigenvalue weighted by molar-refractivity contribution is 0.442. The molecule has 0 bridgehead atoms. The minimum absolute atomic E-state index is 0.635. The van der Waals surface area contributed by atoms with Gasteiger partial charge in [-0.05, 0) is 49.4 Å². The molecule has 142 valence electrons. The van der Waals surface area contributed by atoms with Crippen molar-refractivity contribution in [3.8, 4) is 0 Å². The number of hydrogen-bond acceptors (Lipinski definition) is 2. The van der Waals surface area contributed by atoms with Crippen LogP contribution in [0.4, 0.5) is 11.4 Å². The van der Waals surface area contributed by atoms with Crippen molar-refractivity contribution in [2.45, 2.75) is 44.9 Å². The van der Waals surface area contributed by atoms with E-state index in [-0.39, 0.29) is 0 Å². The van der Waals surface area contributed by atoms with Crippen molar-refractivity contribution < 1.29 is 4.42 Å². The molecule has 1 heterocycles. The number of furan rings is 1. The summed E-state index contributed by atoms with van der Waals surface area (Å²) in [7, 11) is 2.12. The summed E-state index contributed by atoms with van der Waals surface area (Å²) in [6.07, 6.45) is 6.61. The summed E-state index contributed by atoms with van der Waals surface area (Å²) < 4.78 is 6.59. The molecule has 0 radical (unpaired) electrons. The molecule has 0 amide bonds. The predicted octanol–water partition coefficient (Wildman–Crippen LogP) is 7.71. The number of fused-ring (bicyclic) bond motifs is 3. The Hall–Kier alpha value is -2.74. The van der Waals surface area contributed by atoms with Gasteiger partial charge in [0.15, 0.2) is 5.58 Å². The zero-order valence-corrected chi connectivity index (χ0v) is 16.7. The first-order valence-corrected chi connectivity index (χ1v) is 10.5. The third-order valence-electron chi connectivity index (χ3n) is 6.36. The second kappa shape index (κ2) is 7.01. The molecule has 4 aromatic rings. The Bertz CT molecular complexity index is 1120. The van der Waals surface area contributed by atoms with E-state index < -0.39 is 0 Å². The molecule has 0 unspecified atom stereocenters. The Kier molecular flexibility index (Phi) is 4.35. The first-order chi connectivity index (χ1) is 13.7. The van der Waals surface area contributed by atoms with E-state index >= 15 is 0 Å². The maximum Gasteiger partial charge on any atom is 0.159 e. The summed E-state index contributed by atoms with van der Waals surface area (Å²) >= 11 is 0. The number of benzene rings is 3. The van der Waals surface area contributed by atoms with Crippen molar-refractivity contribution in [2.24, 2.45) is 0 Å². The van der Waals surface area contributed by atoms with Crippen molar-refractivity contribution in [1.82, 2.24) is 0 Å². The SMILES string of the molecule is Cc1ccc(N(C)c2cccc3c2oc2c(C4CCCCC4)cccc23)cc1. The Morgan fingerprint density at radius 3 is 2.21 bits per heavy atom. The van der Waals surface area contributed by atoms with E-state index in [4.69, 9.17) is 4.42 Å². The highest BCUT2D eigenvalue weighted by Crippen LogP contribution is 2.42. The van der Waals surface area contributed by atoms with Crippen molar-refractivity contribution in [2.75, 3.05) is 11.9 Å². The molecule has 1 saturated carbocycles. The lowest BCUT2D eigenvalue weighted by Crippen LogP contribution is -2.09. The van der Waals surface area contributed by atoms with E-state index in [0.717, 1.165) is 16.9 Å². The monoisotopic (exact) mass is 369 g/mol. The number of aryl methyl sites for hydroxylation is 1. The van der Waals surface area contributed by atoms with Gasteiger partial charge < -0.3 is 9.32 Å². The molecular weight excluding hydrogens is 342 g/mol. The highest BCUT2D eigenvalue weighted by atomic mass is 16.3. The van der Waals surface area contributed by atoms with Gasteiger partial charge in [0.05, 0.1) is 5.69 Å². The second-order valence-corrected chi connectivity index (χ2v) is 8.21. The van der Waals surface area contributed by atoms with Crippen LogP contribution in [0.25, 0.3) is 21.9 Å². The van der Waals surface area contributed by atoms with E-state index in [0.29, 0.717) is 5.92 Å². The van der Waals surface area contributed by atoms with E-state index in [1.807, 2.05) is 0 Å². The van der Waals surface area contributed by atoms with Crippen LogP contribution in [0.15, 0.2) is 65.1 Å². The summed E-state index contributed by atoms with van der Waals surface area (Å²) in [6.45, 7) is 2.12. The molecule has 1 aliphatic carbocycles. The van der Waals surface area contributed by atoms with Gasteiger partial charge in [0, 0.05) is 23.5 Å². The topological polar surface area (TPSA) is 16.4 Å². The third kappa shape index (κ3) is 2.88. The molecule has 5 rings (SSSR count). The number of anilines is 2. The van der Waals surface area contributed by atoms with Gasteiger partial charge in [0.1, 0.15) is 5.58 Å². The summed E-state index contributed by atoms with van der Waals surface area (Å²) in [5.41, 5.74) is 7.05. The van der Waals surface area contributed by atoms with Crippen LogP contribution in [0, 0.1) is 6.92 Å². The van der Waals surface area contributed by atoms with Gasteiger partial charge in [-0.2, -0.15) is 0 Å². The van der Waals surface area contributed by atoms with Gasteiger partial charge in [-0.3, -0.25) is 0 Å². The highest BCUT2D eigenvalue weighted by molar-refractivity contribution is 6.10. The number of para-hydroxylation sites is 2. The molecule has 0 aliphatic heterocycles. The van der Waals surface area contributed by atoms with Crippen LogP contribution in [0.5, 0.6) is 0 Å². The quantitative estimate of drug-likeness (QED) is 0.368. The molecule has 3 aromatic carbocycles. The smallest absolute Gasteiger partial charge is 0.159 e. The molecule has 2 heteroatoms. The second-order valence-electron chi connectivity index (χ2n) is 8.21. The van der Waals surface area contributed by atoms with E-state index in [9.17, 15) is 0 Å². The summed E-state index contributed by atoms with van der Waals surface area (Å²) in [6, 6.07) is 21.9. The fourth-order valence-electron chi connectivity index (χ4n) is 4.73. The molecule has 0 atom stereocenters. The zero-order chi connectivity index (χ0) is 19.1. The Morgan fingerprint density at radius 2 is 1.46 bits per heavy atom. The van der Waals surface area contributed by atoms with Crippen LogP contribution in [0.2, 0.25) is 0 Å². The molecule has 1 fully saturated rings. The van der Waals surface area contributed by atoms with Crippen molar-refractivity contribution >= 4 is 33.3 Å². The largest absolute Gasteiger partial charge is 0.454 e. The molecule has 28 heavy (non-hydrogen) atoms. The van der Waals surface area contributed by atoms with Crippen LogP contribution in [0.3, 0.4) is 0 Å². The molecule has 0 spiro atoms. The summed E-state index contributed by atoms with van der Waals surface area (Å²) in [4.78, 5) is 2.23. The van der Waals surface area contributed by atoms with Crippen LogP contribution in [-0.4, -0.2) is 7.05 Å². The van der Waals surface area contributed by atoms with Gasteiger partial charge in [-0.1, -0.05) is 67.3 Å². The molecule has 1 aromatic heterocycles. The molecule has 0 N–H and O–H groups in total. The lowest BCUT2D eigenvalue weighted by atomic mass is 9.83. The van der Waals surface area contributed by atoms with Crippen LogP contribution in [0.1, 0.15) is 49.1 Å². The minimum Gasteiger partial charge on any atom is -0.454 e. The van der Waals surface area contributed by atoms with Crippen LogP contribution in [-0.2, 0) is 0 Å². The van der Waals surface area contributed by atoms with E-state index in [1.54, 1.807) is 0 Å². The lowest BCUT2D eigenvalue weighted by Gasteiger charge is -2.22. The summed E-state index contributed by atoms with van der Waals surface area (Å²) in [5, 5.41) is 2.46. The van der Waals surface area contributed by atoms with Crippen molar-refractivity contribution in [1.29, 1.82) is 0 Å². The van der Waals surface area contributed by atoms with Gasteiger partial charge in [-0.25, -0.2) is 0 Å². The average molecular weight is 370 g/mol. The molecule has 0 saturated heterocycles. The van der Waals surface area contributed by atoms with Gasteiger partial charge >= 0.3 is 0 Å². The van der Waals surface area contributed by atoms with E-state index in [2.05, 4.69) is 79.5 Å². The number of hydrogen-bond donors (Lipinski definition) is 0. The van der Waals surface area contributed by atoms with Crippen molar-refractivity contribution in [3.05, 3.63) is 71.8 Å². The fraction of sp³-hybridized carbons (Fsp3) is 0.308. The first-order valence-electron chi connectivity index (χ1n) is 10.5. The fourth-order valence-corrected chi connectivity index (χ4v) is 4.73. The first kappa shape index (κ1) is 17.4. The van der Waals surface area contributed by atoms with Gasteiger partial charge in [0.2, 0.25) is 0 Å². The minimum atomic E-state index is 0.635. The van der Waals surface area contributed by atoms with Crippen molar-refractivity contribution in [3.63, 3.8) is 0 Å². The highest BCUT2D eigenvalue weighted by Gasteiger charge is 2.22. The molecular formula is C26H27NO. The van der Waals surface area contributed by atoms with Crippen LogP contribution >= 0.6 is 0 Å². The van der Waals surface area contributed by atoms with Gasteiger partial charge in [-0.15, -0.1) is 0 Å². The predicted molar refractivity (Wildman–Crippen MR) is 119 cm³/mol. The van der Waals surface area contributed by atoms with Gasteiger partial charge in [0.25, 0.3) is 0 Å². The standard InChI is InChI=1S/C26H27NO/c1-18-14-16-20(17-15-18)27(2)24-13-7-12-23-22-11-6-10-21(25(22)28-26(23)24)19-8-4-3-5-9-19/h6-7,10-17,19H,3-5,8-9H2,1-2H3. The maximum absolute atomic E-state index is 6.59. The Balaban J connectivity index is 1.66. The molecule has 2 nitrogen and oxygen atoms in total.